The third-order valence-corrected chi connectivity index (χ3v) is 7.83. The van der Waals surface area contributed by atoms with Crippen molar-refractivity contribution in [2.45, 2.75) is 77.2 Å². The van der Waals surface area contributed by atoms with Gasteiger partial charge in [0.15, 0.2) is 6.61 Å². The van der Waals surface area contributed by atoms with Gasteiger partial charge in [0, 0.05) is 25.9 Å². The minimum atomic E-state index is -4.51. The van der Waals surface area contributed by atoms with Gasteiger partial charge < -0.3 is 35.5 Å². The second-order valence-electron chi connectivity index (χ2n) is 13.7. The second kappa shape index (κ2) is 19.9. The molecule has 4 aromatic carbocycles. The SMILES string of the molecule is CC(C)(C)OC(=O)NCc1ccc(CNC(=O)[C@H](Cc2ccccc2)NC(=O)[C@@H](Cc2ccc(OCC(F)(F)F)cc2)NC(=O)OCc2ccccc2)cc1. The van der Waals surface area contributed by atoms with Crippen molar-refractivity contribution in [3.63, 3.8) is 0 Å². The molecule has 4 amide bonds. The highest BCUT2D eigenvalue weighted by Gasteiger charge is 2.29. The number of hydrogen-bond acceptors (Lipinski definition) is 7. The standard InChI is InChI=1S/C41H45F3N4O7/c1-40(2,3)55-38(51)46-25-31-16-14-30(15-17-31)24-45-36(49)34(22-28-10-6-4-7-11-28)47-37(50)35(48-39(52)53-26-32-12-8-5-9-13-32)23-29-18-20-33(21-19-29)54-27-41(42,43)44/h4-21,34-35H,22-27H2,1-3H3,(H,45,49)(H,46,51)(H,47,50)(H,48,52)/t34-,35+/m0/s1. The van der Waals surface area contributed by atoms with Gasteiger partial charge in [0.2, 0.25) is 11.8 Å². The Balaban J connectivity index is 1.45. The van der Waals surface area contributed by atoms with Crippen molar-refractivity contribution in [3.8, 4) is 5.75 Å². The van der Waals surface area contributed by atoms with Crippen LogP contribution in [0.25, 0.3) is 0 Å². The highest BCUT2D eigenvalue weighted by atomic mass is 19.4. The van der Waals surface area contributed by atoms with Gasteiger partial charge in [0.1, 0.15) is 30.0 Å². The molecular weight excluding hydrogens is 717 g/mol. The van der Waals surface area contributed by atoms with Crippen LogP contribution in [0.2, 0.25) is 0 Å². The van der Waals surface area contributed by atoms with E-state index in [4.69, 9.17) is 14.2 Å². The van der Waals surface area contributed by atoms with E-state index in [0.29, 0.717) is 5.56 Å². The normalized spacial score (nSPS) is 12.4. The first-order valence-corrected chi connectivity index (χ1v) is 17.5. The van der Waals surface area contributed by atoms with E-state index < -0.39 is 54.5 Å². The summed E-state index contributed by atoms with van der Waals surface area (Å²) in [5, 5.41) is 10.9. The van der Waals surface area contributed by atoms with Crippen LogP contribution in [-0.4, -0.2) is 54.5 Å². The fraction of sp³-hybridized carbons (Fsp3) is 0.317. The molecule has 292 valence electrons. The number of hydrogen-bond donors (Lipinski definition) is 4. The van der Waals surface area contributed by atoms with Gasteiger partial charge in [-0.05, 0) is 60.7 Å². The van der Waals surface area contributed by atoms with Crippen molar-refractivity contribution in [1.29, 1.82) is 0 Å². The Morgan fingerprint density at radius 2 is 1.07 bits per heavy atom. The summed E-state index contributed by atoms with van der Waals surface area (Å²) in [5.74, 6) is -1.19. The van der Waals surface area contributed by atoms with Gasteiger partial charge >= 0.3 is 18.4 Å². The maximum Gasteiger partial charge on any atom is 0.422 e. The number of carbonyl (C=O) groups is 4. The lowest BCUT2D eigenvalue weighted by Crippen LogP contribution is -2.55. The number of nitrogens with one attached hydrogen (secondary N) is 4. The molecular formula is C41H45F3N4O7. The Morgan fingerprint density at radius 1 is 0.582 bits per heavy atom. The van der Waals surface area contributed by atoms with Crippen LogP contribution < -0.4 is 26.0 Å². The lowest BCUT2D eigenvalue weighted by atomic mass is 10.0. The van der Waals surface area contributed by atoms with Crippen molar-refractivity contribution in [3.05, 3.63) is 137 Å². The molecule has 4 aromatic rings. The van der Waals surface area contributed by atoms with E-state index in [9.17, 15) is 32.3 Å². The van der Waals surface area contributed by atoms with Crippen molar-refractivity contribution in [2.75, 3.05) is 6.61 Å². The number of benzene rings is 4. The fourth-order valence-electron chi connectivity index (χ4n) is 5.15. The topological polar surface area (TPSA) is 144 Å². The summed E-state index contributed by atoms with van der Waals surface area (Å²) in [6.45, 7) is 4.18. The number of carbonyl (C=O) groups excluding carboxylic acids is 4. The van der Waals surface area contributed by atoms with Crippen LogP contribution in [0.15, 0.2) is 109 Å². The number of alkyl halides is 3. The Kier molecular flexibility index (Phi) is 15.1. The van der Waals surface area contributed by atoms with E-state index in [0.717, 1.165) is 22.3 Å². The molecule has 0 spiro atoms. The summed E-state index contributed by atoms with van der Waals surface area (Å²) < 4.78 is 53.3. The first kappa shape index (κ1) is 41.7. The maximum absolute atomic E-state index is 13.9. The number of amides is 4. The number of ether oxygens (including phenoxy) is 3. The van der Waals surface area contributed by atoms with Crippen LogP contribution in [0.3, 0.4) is 0 Å². The molecule has 0 saturated carbocycles. The van der Waals surface area contributed by atoms with Crippen LogP contribution in [0.4, 0.5) is 22.8 Å². The molecule has 0 aromatic heterocycles. The molecule has 0 saturated heterocycles. The van der Waals surface area contributed by atoms with E-state index in [2.05, 4.69) is 21.3 Å². The zero-order chi connectivity index (χ0) is 39.8. The van der Waals surface area contributed by atoms with E-state index in [1.807, 2.05) is 36.4 Å². The van der Waals surface area contributed by atoms with Gasteiger partial charge in [0.25, 0.3) is 0 Å². The quantitative estimate of drug-likeness (QED) is 0.102. The Morgan fingerprint density at radius 3 is 1.62 bits per heavy atom. The zero-order valence-electron chi connectivity index (χ0n) is 30.8. The molecule has 0 heterocycles. The van der Waals surface area contributed by atoms with Crippen LogP contribution in [0.5, 0.6) is 5.75 Å². The molecule has 0 unspecified atom stereocenters. The molecule has 11 nitrogen and oxygen atoms in total. The zero-order valence-corrected chi connectivity index (χ0v) is 30.8. The van der Waals surface area contributed by atoms with E-state index in [1.54, 1.807) is 69.3 Å². The molecule has 14 heteroatoms. The largest absolute Gasteiger partial charge is 0.484 e. The highest BCUT2D eigenvalue weighted by Crippen LogP contribution is 2.20. The second-order valence-corrected chi connectivity index (χ2v) is 13.7. The van der Waals surface area contributed by atoms with Gasteiger partial charge in [0.05, 0.1) is 0 Å². The van der Waals surface area contributed by atoms with E-state index in [1.165, 1.54) is 24.3 Å². The average Bonchev–Trinajstić information content (AvgIpc) is 3.14. The maximum atomic E-state index is 13.9. The first-order valence-electron chi connectivity index (χ1n) is 17.5. The summed E-state index contributed by atoms with van der Waals surface area (Å²) >= 11 is 0. The molecule has 0 aliphatic rings. The minimum absolute atomic E-state index is 0.0241. The van der Waals surface area contributed by atoms with Crippen molar-refractivity contribution >= 4 is 24.0 Å². The highest BCUT2D eigenvalue weighted by molar-refractivity contribution is 5.91. The van der Waals surface area contributed by atoms with Crippen molar-refractivity contribution in [1.82, 2.24) is 21.3 Å². The number of halogens is 3. The average molecular weight is 763 g/mol. The van der Waals surface area contributed by atoms with Gasteiger partial charge in [-0.2, -0.15) is 13.2 Å². The predicted molar refractivity (Wildman–Crippen MR) is 199 cm³/mol. The van der Waals surface area contributed by atoms with Crippen molar-refractivity contribution in [2.24, 2.45) is 0 Å². The van der Waals surface area contributed by atoms with E-state index in [-0.39, 0.29) is 38.3 Å². The first-order chi connectivity index (χ1) is 26.1. The summed E-state index contributed by atoms with van der Waals surface area (Å²) in [6.07, 6.45) is -5.89. The molecule has 0 radical (unpaired) electrons. The smallest absolute Gasteiger partial charge is 0.422 e. The monoisotopic (exact) mass is 762 g/mol. The predicted octanol–water partition coefficient (Wildman–Crippen LogP) is 6.53. The Hall–Kier alpha value is -6.05. The van der Waals surface area contributed by atoms with Gasteiger partial charge in [-0.25, -0.2) is 9.59 Å². The van der Waals surface area contributed by atoms with Crippen LogP contribution in [0.1, 0.15) is 48.6 Å². The van der Waals surface area contributed by atoms with Crippen LogP contribution >= 0.6 is 0 Å². The van der Waals surface area contributed by atoms with Gasteiger partial charge in [-0.1, -0.05) is 97.1 Å². The van der Waals surface area contributed by atoms with Gasteiger partial charge in [-0.15, -0.1) is 0 Å². The molecule has 4 rings (SSSR count). The molecule has 4 N–H and O–H groups in total. The summed E-state index contributed by atoms with van der Waals surface area (Å²) in [7, 11) is 0. The van der Waals surface area contributed by atoms with Crippen LogP contribution in [-0.2, 0) is 51.6 Å². The number of rotatable bonds is 16. The molecule has 2 atom stereocenters. The molecule has 0 aliphatic carbocycles. The number of alkyl carbamates (subject to hydrolysis) is 2. The molecule has 55 heavy (non-hydrogen) atoms. The molecule has 0 bridgehead atoms. The van der Waals surface area contributed by atoms with E-state index >= 15 is 0 Å². The molecule has 0 fully saturated rings. The minimum Gasteiger partial charge on any atom is -0.484 e. The third kappa shape index (κ3) is 15.8. The summed E-state index contributed by atoms with van der Waals surface area (Å²) in [5.41, 5.74) is 2.95. The fourth-order valence-corrected chi connectivity index (χ4v) is 5.15. The lowest BCUT2D eigenvalue weighted by molar-refractivity contribution is -0.153. The van der Waals surface area contributed by atoms with Crippen molar-refractivity contribution < 1.29 is 46.6 Å². The molecule has 0 aliphatic heterocycles. The summed E-state index contributed by atoms with van der Waals surface area (Å²) in [4.78, 5) is 52.5. The Labute approximate surface area is 317 Å². The lowest BCUT2D eigenvalue weighted by Gasteiger charge is -2.23. The summed E-state index contributed by atoms with van der Waals surface area (Å²) in [6, 6.07) is 28.5. The Bertz CT molecular complexity index is 1830. The third-order valence-electron chi connectivity index (χ3n) is 7.83. The van der Waals surface area contributed by atoms with Crippen LogP contribution in [0, 0.1) is 0 Å². The van der Waals surface area contributed by atoms with Gasteiger partial charge in [-0.3, -0.25) is 9.59 Å².